The normalized spacial score (nSPS) is 10.6. The molecule has 0 bridgehead atoms. The standard InChI is InChI=1S/C19H16Cl3N3O2/c20-15-5-6-18(17(22)9-15)27-12-13-1-3-14(4-2-13)19(26)23-7-8-25-11-16(21)10-24-25/h1-6,9-11H,7-8,12H2,(H,23,26). The molecule has 8 heteroatoms. The van der Waals surface area contributed by atoms with E-state index in [1.807, 2.05) is 12.1 Å². The second-order valence-electron chi connectivity index (χ2n) is 5.74. The molecule has 0 aliphatic carbocycles. The summed E-state index contributed by atoms with van der Waals surface area (Å²) < 4.78 is 7.35. The van der Waals surface area contributed by atoms with E-state index in [-0.39, 0.29) is 5.91 Å². The van der Waals surface area contributed by atoms with Crippen molar-refractivity contribution < 1.29 is 9.53 Å². The van der Waals surface area contributed by atoms with Crippen LogP contribution in [0.1, 0.15) is 15.9 Å². The Morgan fingerprint density at radius 3 is 2.52 bits per heavy atom. The van der Waals surface area contributed by atoms with Crippen molar-refractivity contribution in [2.75, 3.05) is 6.54 Å². The van der Waals surface area contributed by atoms with E-state index in [0.717, 1.165) is 5.56 Å². The number of hydrogen-bond donors (Lipinski definition) is 1. The molecule has 3 aromatic rings. The molecule has 27 heavy (non-hydrogen) atoms. The highest BCUT2D eigenvalue weighted by molar-refractivity contribution is 6.35. The van der Waals surface area contributed by atoms with Crippen LogP contribution in [-0.2, 0) is 13.2 Å². The van der Waals surface area contributed by atoms with E-state index in [0.29, 0.717) is 46.1 Å². The monoisotopic (exact) mass is 423 g/mol. The van der Waals surface area contributed by atoms with E-state index in [1.54, 1.807) is 47.4 Å². The van der Waals surface area contributed by atoms with Crippen LogP contribution in [0.4, 0.5) is 0 Å². The molecule has 140 valence electrons. The predicted octanol–water partition coefficient (Wildman–Crippen LogP) is 4.85. The summed E-state index contributed by atoms with van der Waals surface area (Å²) in [6, 6.07) is 12.2. The number of rotatable bonds is 7. The summed E-state index contributed by atoms with van der Waals surface area (Å²) in [6.45, 7) is 1.34. The first-order chi connectivity index (χ1) is 13.0. The first-order valence-electron chi connectivity index (χ1n) is 8.14. The van der Waals surface area contributed by atoms with Crippen LogP contribution < -0.4 is 10.1 Å². The molecule has 3 rings (SSSR count). The van der Waals surface area contributed by atoms with Crippen LogP contribution in [0.5, 0.6) is 5.75 Å². The number of nitrogens with zero attached hydrogens (tertiary/aromatic N) is 2. The van der Waals surface area contributed by atoms with E-state index in [9.17, 15) is 4.79 Å². The fourth-order valence-electron chi connectivity index (χ4n) is 2.35. The lowest BCUT2D eigenvalue weighted by Crippen LogP contribution is -2.27. The van der Waals surface area contributed by atoms with Crippen LogP contribution in [0.3, 0.4) is 0 Å². The van der Waals surface area contributed by atoms with Crippen molar-refractivity contribution >= 4 is 40.7 Å². The predicted molar refractivity (Wildman–Crippen MR) is 107 cm³/mol. The molecule has 1 N–H and O–H groups in total. The van der Waals surface area contributed by atoms with E-state index >= 15 is 0 Å². The van der Waals surface area contributed by atoms with Gasteiger partial charge in [0.05, 0.1) is 22.8 Å². The van der Waals surface area contributed by atoms with Crippen molar-refractivity contribution in [3.63, 3.8) is 0 Å². The van der Waals surface area contributed by atoms with Gasteiger partial charge in [-0.3, -0.25) is 9.48 Å². The van der Waals surface area contributed by atoms with Gasteiger partial charge in [0, 0.05) is 23.3 Å². The van der Waals surface area contributed by atoms with E-state index in [2.05, 4.69) is 10.4 Å². The summed E-state index contributed by atoms with van der Waals surface area (Å²) in [5, 5.41) is 8.48. The minimum Gasteiger partial charge on any atom is -0.487 e. The number of carbonyl (C=O) groups is 1. The summed E-state index contributed by atoms with van der Waals surface area (Å²) in [5.41, 5.74) is 1.49. The van der Waals surface area contributed by atoms with Gasteiger partial charge in [0.2, 0.25) is 0 Å². The summed E-state index contributed by atoms with van der Waals surface area (Å²) in [7, 11) is 0. The average molecular weight is 425 g/mol. The number of benzene rings is 2. The van der Waals surface area contributed by atoms with Gasteiger partial charge in [0.15, 0.2) is 0 Å². The summed E-state index contributed by atoms with van der Waals surface area (Å²) in [5.74, 6) is 0.406. The zero-order valence-corrected chi connectivity index (χ0v) is 16.4. The second kappa shape index (κ2) is 9.13. The summed E-state index contributed by atoms with van der Waals surface area (Å²) in [4.78, 5) is 12.2. The highest BCUT2D eigenvalue weighted by atomic mass is 35.5. The van der Waals surface area contributed by atoms with Crippen molar-refractivity contribution in [2.24, 2.45) is 0 Å². The molecular formula is C19H16Cl3N3O2. The Balaban J connectivity index is 1.49. The Labute approximate surface area is 171 Å². The van der Waals surface area contributed by atoms with Crippen molar-refractivity contribution in [3.05, 3.63) is 81.1 Å². The first kappa shape index (κ1) is 19.5. The lowest BCUT2D eigenvalue weighted by atomic mass is 10.1. The summed E-state index contributed by atoms with van der Waals surface area (Å²) in [6.07, 6.45) is 3.26. The van der Waals surface area contributed by atoms with Crippen LogP contribution in [0.25, 0.3) is 0 Å². The molecule has 0 radical (unpaired) electrons. The first-order valence-corrected chi connectivity index (χ1v) is 9.27. The maximum Gasteiger partial charge on any atom is 0.251 e. The molecule has 0 saturated heterocycles. The molecule has 1 heterocycles. The highest BCUT2D eigenvalue weighted by Crippen LogP contribution is 2.28. The quantitative estimate of drug-likeness (QED) is 0.590. The van der Waals surface area contributed by atoms with Crippen molar-refractivity contribution in [1.29, 1.82) is 0 Å². The topological polar surface area (TPSA) is 56.2 Å². The molecule has 0 aliphatic heterocycles. The van der Waals surface area contributed by atoms with Gasteiger partial charge in [-0.05, 0) is 35.9 Å². The van der Waals surface area contributed by atoms with E-state index in [4.69, 9.17) is 39.5 Å². The maximum atomic E-state index is 12.2. The largest absolute Gasteiger partial charge is 0.487 e. The minimum atomic E-state index is -0.151. The SMILES string of the molecule is O=C(NCCn1cc(Cl)cn1)c1ccc(COc2ccc(Cl)cc2Cl)cc1. The Morgan fingerprint density at radius 2 is 1.85 bits per heavy atom. The molecule has 0 unspecified atom stereocenters. The molecule has 5 nitrogen and oxygen atoms in total. The Bertz CT molecular complexity index is 926. The average Bonchev–Trinajstić information content (AvgIpc) is 3.06. The van der Waals surface area contributed by atoms with Gasteiger partial charge in [0.25, 0.3) is 5.91 Å². The fraction of sp³-hybridized carbons (Fsp3) is 0.158. The fourth-order valence-corrected chi connectivity index (χ4v) is 2.97. The van der Waals surface area contributed by atoms with Gasteiger partial charge in [-0.2, -0.15) is 5.10 Å². The van der Waals surface area contributed by atoms with Crippen LogP contribution >= 0.6 is 34.8 Å². The number of hydrogen-bond acceptors (Lipinski definition) is 3. The van der Waals surface area contributed by atoms with Gasteiger partial charge < -0.3 is 10.1 Å². The van der Waals surface area contributed by atoms with Crippen LogP contribution in [0, 0.1) is 0 Å². The Kier molecular flexibility index (Phi) is 6.61. The van der Waals surface area contributed by atoms with Crippen LogP contribution in [0.2, 0.25) is 15.1 Å². The second-order valence-corrected chi connectivity index (χ2v) is 7.02. The number of aromatic nitrogens is 2. The zero-order chi connectivity index (χ0) is 19.2. The number of halogens is 3. The third kappa shape index (κ3) is 5.63. The molecule has 0 fully saturated rings. The number of ether oxygens (including phenoxy) is 1. The van der Waals surface area contributed by atoms with Gasteiger partial charge in [0.1, 0.15) is 12.4 Å². The van der Waals surface area contributed by atoms with Crippen molar-refractivity contribution in [2.45, 2.75) is 13.2 Å². The van der Waals surface area contributed by atoms with Gasteiger partial charge in [-0.15, -0.1) is 0 Å². The Hall–Kier alpha value is -2.21. The van der Waals surface area contributed by atoms with E-state index in [1.165, 1.54) is 0 Å². The van der Waals surface area contributed by atoms with Gasteiger partial charge in [-0.1, -0.05) is 46.9 Å². The molecular weight excluding hydrogens is 409 g/mol. The van der Waals surface area contributed by atoms with Crippen molar-refractivity contribution in [3.8, 4) is 5.75 Å². The minimum absolute atomic E-state index is 0.151. The number of amides is 1. The van der Waals surface area contributed by atoms with Crippen molar-refractivity contribution in [1.82, 2.24) is 15.1 Å². The molecule has 0 spiro atoms. The smallest absolute Gasteiger partial charge is 0.251 e. The lowest BCUT2D eigenvalue weighted by molar-refractivity contribution is 0.0952. The molecule has 1 aromatic heterocycles. The summed E-state index contributed by atoms with van der Waals surface area (Å²) >= 11 is 17.7. The number of carbonyl (C=O) groups excluding carboxylic acids is 1. The third-order valence-electron chi connectivity index (χ3n) is 3.73. The Morgan fingerprint density at radius 1 is 1.07 bits per heavy atom. The zero-order valence-electron chi connectivity index (χ0n) is 14.2. The molecule has 0 atom stereocenters. The molecule has 1 amide bonds. The molecule has 0 aliphatic rings. The molecule has 2 aromatic carbocycles. The third-order valence-corrected chi connectivity index (χ3v) is 4.46. The number of nitrogens with one attached hydrogen (secondary N) is 1. The highest BCUT2D eigenvalue weighted by Gasteiger charge is 2.07. The van der Waals surface area contributed by atoms with E-state index < -0.39 is 0 Å². The van der Waals surface area contributed by atoms with Gasteiger partial charge in [-0.25, -0.2) is 0 Å². The van der Waals surface area contributed by atoms with Gasteiger partial charge >= 0.3 is 0 Å². The maximum absolute atomic E-state index is 12.2. The molecule has 0 saturated carbocycles. The van der Waals surface area contributed by atoms with Crippen LogP contribution in [-0.4, -0.2) is 22.2 Å². The lowest BCUT2D eigenvalue weighted by Gasteiger charge is -2.09. The van der Waals surface area contributed by atoms with Crippen LogP contribution in [0.15, 0.2) is 54.9 Å².